The summed E-state index contributed by atoms with van der Waals surface area (Å²) < 4.78 is 0. The molecule has 0 saturated carbocycles. The summed E-state index contributed by atoms with van der Waals surface area (Å²) in [4.78, 5) is 20.1. The van der Waals surface area contributed by atoms with Gasteiger partial charge in [-0.25, -0.2) is 0 Å². The molecule has 1 atom stereocenters. The number of allylic oxidation sites excluding steroid dienone is 3. The van der Waals surface area contributed by atoms with Crippen molar-refractivity contribution in [1.82, 2.24) is 5.32 Å². The summed E-state index contributed by atoms with van der Waals surface area (Å²) in [6.45, 7) is 9.51. The van der Waals surface area contributed by atoms with Crippen LogP contribution in [-0.2, 0) is 4.79 Å². The third-order valence-corrected chi connectivity index (χ3v) is 3.97. The molecule has 0 aromatic carbocycles. The number of rotatable bonds is 12. The van der Waals surface area contributed by atoms with Crippen LogP contribution < -0.4 is 22.5 Å². The van der Waals surface area contributed by atoms with Crippen LogP contribution in [-0.4, -0.2) is 30.9 Å². The van der Waals surface area contributed by atoms with Gasteiger partial charge in [-0.2, -0.15) is 0 Å². The van der Waals surface area contributed by atoms with E-state index in [1.54, 1.807) is 13.0 Å². The summed E-state index contributed by atoms with van der Waals surface area (Å²) in [7, 11) is 0. The van der Waals surface area contributed by atoms with Gasteiger partial charge in [0.2, 0.25) is 0 Å². The van der Waals surface area contributed by atoms with Crippen molar-refractivity contribution in [2.24, 2.45) is 39.0 Å². The van der Waals surface area contributed by atoms with Crippen LogP contribution in [0.5, 0.6) is 0 Å². The van der Waals surface area contributed by atoms with Gasteiger partial charge < -0.3 is 17.2 Å². The van der Waals surface area contributed by atoms with E-state index >= 15 is 0 Å². The topological polar surface area (TPSA) is 132 Å². The largest absolute Gasteiger partial charge is 0.370 e. The highest BCUT2D eigenvalue weighted by Gasteiger charge is 2.04. The number of nitrogens with one attached hydrogen (secondary N) is 1. The van der Waals surface area contributed by atoms with E-state index in [0.717, 1.165) is 25.2 Å². The van der Waals surface area contributed by atoms with E-state index < -0.39 is 0 Å². The first-order valence-electron chi connectivity index (χ1n) is 9.74. The number of carbonyl (C=O) groups excluding carboxylic acids is 1. The summed E-state index contributed by atoms with van der Waals surface area (Å²) in [5.41, 5.74) is 16.8. The molecular weight excluding hydrogens is 340 g/mol. The number of nitrogens with two attached hydrogens (primary N) is 3. The van der Waals surface area contributed by atoms with E-state index in [4.69, 9.17) is 17.2 Å². The summed E-state index contributed by atoms with van der Waals surface area (Å²) >= 11 is 0. The van der Waals surface area contributed by atoms with E-state index in [2.05, 4.69) is 42.1 Å². The highest BCUT2D eigenvalue weighted by atomic mass is 16.1. The molecule has 0 aromatic heterocycles. The zero-order valence-electron chi connectivity index (χ0n) is 17.4. The Labute approximate surface area is 164 Å². The molecule has 0 aromatic rings. The maximum Gasteiger partial charge on any atom is 0.253 e. The molecule has 1 amide bonds. The van der Waals surface area contributed by atoms with Gasteiger partial charge in [-0.15, -0.1) is 0 Å². The second kappa shape index (κ2) is 14.8. The molecule has 7 heteroatoms. The van der Waals surface area contributed by atoms with Gasteiger partial charge in [-0.1, -0.05) is 51.8 Å². The highest BCUT2D eigenvalue weighted by molar-refractivity contribution is 6.04. The Balaban J connectivity index is 4.19. The molecule has 0 rings (SSSR count). The van der Waals surface area contributed by atoms with Gasteiger partial charge in [0.05, 0.1) is 0 Å². The number of nitrogens with zero attached hydrogens (tertiary/aromatic N) is 2. The van der Waals surface area contributed by atoms with Crippen LogP contribution in [0.2, 0.25) is 0 Å². The Kier molecular flexibility index (Phi) is 13.5. The van der Waals surface area contributed by atoms with Crippen molar-refractivity contribution in [3.05, 3.63) is 23.8 Å². The molecule has 27 heavy (non-hydrogen) atoms. The van der Waals surface area contributed by atoms with E-state index in [9.17, 15) is 4.79 Å². The minimum absolute atomic E-state index is 0.0894. The molecule has 1 unspecified atom stereocenters. The van der Waals surface area contributed by atoms with Crippen molar-refractivity contribution < 1.29 is 4.79 Å². The predicted octanol–water partition coefficient (Wildman–Crippen LogP) is 2.44. The lowest BCUT2D eigenvalue weighted by molar-refractivity contribution is -0.116. The first-order chi connectivity index (χ1) is 12.7. The first-order valence-corrected chi connectivity index (χ1v) is 9.74. The molecule has 0 fully saturated rings. The molecule has 7 N–H and O–H groups in total. The fourth-order valence-electron chi connectivity index (χ4n) is 2.30. The molecule has 0 aliphatic carbocycles. The van der Waals surface area contributed by atoms with Crippen LogP contribution in [0.4, 0.5) is 0 Å². The van der Waals surface area contributed by atoms with E-state index in [0.29, 0.717) is 24.6 Å². The number of guanidine groups is 2. The lowest BCUT2D eigenvalue weighted by atomic mass is 9.99. The van der Waals surface area contributed by atoms with Crippen molar-refractivity contribution in [1.29, 1.82) is 0 Å². The number of hydrogen-bond acceptors (Lipinski definition) is 3. The van der Waals surface area contributed by atoms with E-state index in [1.807, 2.05) is 6.08 Å². The first kappa shape index (κ1) is 24.7. The second-order valence-corrected chi connectivity index (χ2v) is 7.27. The fraction of sp³-hybridized carbons (Fsp3) is 0.650. The quantitative estimate of drug-likeness (QED) is 0.136. The average Bonchev–Trinajstić information content (AvgIpc) is 2.57. The van der Waals surface area contributed by atoms with Gasteiger partial charge in [-0.3, -0.25) is 20.1 Å². The van der Waals surface area contributed by atoms with Crippen LogP contribution in [0, 0.1) is 11.8 Å². The number of unbranched alkanes of at least 4 members (excludes halogenated alkanes) is 1. The van der Waals surface area contributed by atoms with Crippen LogP contribution in [0.1, 0.15) is 59.8 Å². The maximum atomic E-state index is 12.1. The van der Waals surface area contributed by atoms with Crippen molar-refractivity contribution in [2.75, 3.05) is 13.1 Å². The zero-order valence-corrected chi connectivity index (χ0v) is 17.4. The molecule has 0 heterocycles. The molecule has 7 nitrogen and oxygen atoms in total. The lowest BCUT2D eigenvalue weighted by Crippen LogP contribution is -2.37. The summed E-state index contributed by atoms with van der Waals surface area (Å²) in [6.07, 6.45) is 11.1. The van der Waals surface area contributed by atoms with Gasteiger partial charge in [0.15, 0.2) is 11.9 Å². The Morgan fingerprint density at radius 2 is 1.63 bits per heavy atom. The third-order valence-electron chi connectivity index (χ3n) is 3.97. The molecule has 0 aliphatic heterocycles. The normalized spacial score (nSPS) is 13.8. The number of aliphatic imine (C=N–C) groups is 2. The molecule has 0 saturated heterocycles. The maximum absolute atomic E-state index is 12.1. The van der Waals surface area contributed by atoms with Crippen molar-refractivity contribution in [2.45, 2.75) is 59.8 Å². The summed E-state index contributed by atoms with van der Waals surface area (Å²) in [5.74, 6) is 1.22. The van der Waals surface area contributed by atoms with Gasteiger partial charge in [0, 0.05) is 18.7 Å². The van der Waals surface area contributed by atoms with Crippen LogP contribution in [0.3, 0.4) is 0 Å². The molecular formula is C20H38N6O. The van der Waals surface area contributed by atoms with Crippen molar-refractivity contribution >= 4 is 17.8 Å². The van der Waals surface area contributed by atoms with Gasteiger partial charge in [-0.05, 0) is 38.0 Å². The monoisotopic (exact) mass is 378 g/mol. The SMILES string of the molecule is CC(=CC=CC(C)CCCC(C)C)C(=O)NC(N)=NCCCCN=C(N)N. The van der Waals surface area contributed by atoms with Gasteiger partial charge in [0.1, 0.15) is 0 Å². The Bertz CT molecular complexity index is 545. The van der Waals surface area contributed by atoms with Crippen LogP contribution in [0.15, 0.2) is 33.8 Å². The van der Waals surface area contributed by atoms with Crippen molar-refractivity contribution in [3.63, 3.8) is 0 Å². The van der Waals surface area contributed by atoms with E-state index in [-0.39, 0.29) is 17.8 Å². The highest BCUT2D eigenvalue weighted by Crippen LogP contribution is 2.13. The smallest absolute Gasteiger partial charge is 0.253 e. The molecule has 0 aliphatic rings. The lowest BCUT2D eigenvalue weighted by Gasteiger charge is -2.07. The van der Waals surface area contributed by atoms with E-state index in [1.165, 1.54) is 12.8 Å². The minimum atomic E-state index is -0.242. The number of carbonyl (C=O) groups is 1. The molecule has 0 spiro atoms. The molecule has 0 radical (unpaired) electrons. The van der Waals surface area contributed by atoms with Crippen molar-refractivity contribution in [3.8, 4) is 0 Å². The zero-order chi connectivity index (χ0) is 20.7. The number of amides is 1. The van der Waals surface area contributed by atoms with Crippen LogP contribution >= 0.6 is 0 Å². The average molecular weight is 379 g/mol. The standard InChI is InChI=1S/C20H38N6O/c1-15(2)9-7-10-16(3)11-8-12-17(4)18(27)26-20(23)25-14-6-5-13-24-19(21)22/h8,11-12,15-16H,5-7,9-10,13-14H2,1-4H3,(H4,21,22,24)(H3,23,25,26,27). The second-order valence-electron chi connectivity index (χ2n) is 7.27. The third kappa shape index (κ3) is 15.6. The molecule has 0 bridgehead atoms. The van der Waals surface area contributed by atoms with Gasteiger partial charge in [0.25, 0.3) is 5.91 Å². The Morgan fingerprint density at radius 1 is 1.00 bits per heavy atom. The molecule has 154 valence electrons. The number of hydrogen-bond donors (Lipinski definition) is 4. The fourth-order valence-corrected chi connectivity index (χ4v) is 2.30. The predicted molar refractivity (Wildman–Crippen MR) is 115 cm³/mol. The van der Waals surface area contributed by atoms with Crippen LogP contribution in [0.25, 0.3) is 0 Å². The Hall–Kier alpha value is -2.31. The van der Waals surface area contributed by atoms with Gasteiger partial charge >= 0.3 is 0 Å². The minimum Gasteiger partial charge on any atom is -0.370 e. The summed E-state index contributed by atoms with van der Waals surface area (Å²) in [5, 5.41) is 2.59. The Morgan fingerprint density at radius 3 is 2.22 bits per heavy atom. The summed E-state index contributed by atoms with van der Waals surface area (Å²) in [6, 6.07) is 0.